The average Bonchev–Trinajstić information content (AvgIpc) is 3.23. The Bertz CT molecular complexity index is 1130. The number of amides is 3. The largest absolute Gasteiger partial charge is 0.390 e. The van der Waals surface area contributed by atoms with Crippen molar-refractivity contribution < 1.29 is 27.9 Å². The Kier molecular flexibility index (Phi) is 7.43. The highest BCUT2D eigenvalue weighted by Crippen LogP contribution is 2.42. The molecule has 2 fully saturated rings. The van der Waals surface area contributed by atoms with E-state index in [1.807, 2.05) is 25.1 Å². The van der Waals surface area contributed by atoms with Crippen LogP contribution >= 0.6 is 11.6 Å². The van der Waals surface area contributed by atoms with Crippen molar-refractivity contribution in [3.8, 4) is 0 Å². The summed E-state index contributed by atoms with van der Waals surface area (Å²) in [5.41, 5.74) is 3.03. The van der Waals surface area contributed by atoms with Crippen LogP contribution in [0, 0.1) is 6.92 Å². The van der Waals surface area contributed by atoms with Crippen molar-refractivity contribution in [1.82, 2.24) is 19.8 Å². The lowest BCUT2D eigenvalue weighted by Gasteiger charge is -2.41. The Balaban J connectivity index is 1.28. The molecule has 208 valence electrons. The van der Waals surface area contributed by atoms with Crippen molar-refractivity contribution in [3.05, 3.63) is 40.1 Å². The van der Waals surface area contributed by atoms with Crippen LogP contribution in [0.2, 0.25) is 5.02 Å². The molecule has 1 aromatic carbocycles. The first-order valence-electron chi connectivity index (χ1n) is 13.1. The van der Waals surface area contributed by atoms with Crippen molar-refractivity contribution in [3.63, 3.8) is 0 Å². The quantitative estimate of drug-likeness (QED) is 0.619. The number of piperazine rings is 1. The number of nitrogens with zero attached hydrogens (tertiary/aromatic N) is 5. The smallest absolute Gasteiger partial charge is 0.339 e. The van der Waals surface area contributed by atoms with Crippen LogP contribution in [-0.2, 0) is 4.79 Å². The highest BCUT2D eigenvalue weighted by molar-refractivity contribution is 6.31. The van der Waals surface area contributed by atoms with Gasteiger partial charge in [-0.2, -0.15) is 0 Å². The number of rotatable bonds is 3. The molecule has 5 rings (SSSR count). The summed E-state index contributed by atoms with van der Waals surface area (Å²) < 4.78 is 42.6. The van der Waals surface area contributed by atoms with E-state index in [0.717, 1.165) is 11.3 Å². The van der Waals surface area contributed by atoms with Gasteiger partial charge in [-0.3, -0.25) is 9.80 Å². The maximum atomic E-state index is 14.2. The summed E-state index contributed by atoms with van der Waals surface area (Å²) in [7, 11) is 0. The molecule has 3 amide bonds. The maximum Gasteiger partial charge on any atom is 0.339 e. The summed E-state index contributed by atoms with van der Waals surface area (Å²) in [4.78, 5) is 32.0. The second kappa shape index (κ2) is 10.5. The molecule has 1 aromatic rings. The van der Waals surface area contributed by atoms with Gasteiger partial charge in [-0.25, -0.2) is 23.0 Å². The van der Waals surface area contributed by atoms with E-state index in [4.69, 9.17) is 11.6 Å². The van der Waals surface area contributed by atoms with Crippen LogP contribution in [0.25, 0.3) is 0 Å². The topological polar surface area (TPSA) is 70.6 Å². The van der Waals surface area contributed by atoms with E-state index in [1.165, 1.54) is 14.9 Å². The predicted octanol–water partition coefficient (Wildman–Crippen LogP) is 3.43. The summed E-state index contributed by atoms with van der Waals surface area (Å²) in [6.45, 7) is 3.83. The number of likely N-dealkylation sites (tertiary alicyclic amines) is 1. The summed E-state index contributed by atoms with van der Waals surface area (Å²) in [5, 5.41) is 13.2. The zero-order chi connectivity index (χ0) is 27.2. The predicted molar refractivity (Wildman–Crippen MR) is 137 cm³/mol. The first-order chi connectivity index (χ1) is 18.0. The Labute approximate surface area is 225 Å². The van der Waals surface area contributed by atoms with E-state index in [2.05, 4.69) is 4.90 Å². The molecule has 2 saturated heterocycles. The van der Waals surface area contributed by atoms with Gasteiger partial charge >= 0.3 is 6.03 Å². The van der Waals surface area contributed by atoms with E-state index in [0.29, 0.717) is 42.5 Å². The molecule has 0 spiro atoms. The van der Waals surface area contributed by atoms with Gasteiger partial charge < -0.3 is 19.8 Å². The lowest BCUT2D eigenvalue weighted by Crippen LogP contribution is -2.57. The number of halogens is 4. The van der Waals surface area contributed by atoms with Crippen LogP contribution in [0.4, 0.5) is 23.7 Å². The Hall–Kier alpha value is -2.66. The maximum absolute atomic E-state index is 14.2. The van der Waals surface area contributed by atoms with E-state index in [-0.39, 0.29) is 51.3 Å². The molecule has 2 atom stereocenters. The molecular weight excluding hydrogens is 523 g/mol. The van der Waals surface area contributed by atoms with Crippen LogP contribution in [-0.4, -0.2) is 107 Å². The number of piperidine rings is 1. The van der Waals surface area contributed by atoms with Crippen LogP contribution in [0.15, 0.2) is 29.5 Å². The lowest BCUT2D eigenvalue weighted by atomic mass is 9.93. The highest BCUT2D eigenvalue weighted by atomic mass is 35.5. The molecule has 1 N–H and O–H groups in total. The number of benzene rings is 1. The fourth-order valence-electron chi connectivity index (χ4n) is 5.80. The molecule has 0 radical (unpaired) electrons. The SMILES string of the molecule is Cc1c(Cl)cccc1N1CCN(C(=O)CN2C3=C(CN2C(=O)N2CC[C@H](O)[C@H](F)C2)CC(F)(F)CC3)CC1. The number of carbonyl (C=O) groups excluding carboxylic acids is 2. The second-order valence-electron chi connectivity index (χ2n) is 10.6. The van der Waals surface area contributed by atoms with Gasteiger partial charge in [-0.1, -0.05) is 17.7 Å². The minimum absolute atomic E-state index is 0.0468. The molecule has 1 aliphatic carbocycles. The first kappa shape index (κ1) is 26.9. The van der Waals surface area contributed by atoms with Gasteiger partial charge in [-0.05, 0) is 43.0 Å². The third-order valence-corrected chi connectivity index (χ3v) is 8.46. The van der Waals surface area contributed by atoms with Gasteiger partial charge in [0.25, 0.3) is 5.92 Å². The summed E-state index contributed by atoms with van der Waals surface area (Å²) in [6, 6.07) is 5.20. The molecule has 0 bridgehead atoms. The van der Waals surface area contributed by atoms with Gasteiger partial charge in [0, 0.05) is 62.0 Å². The number of allylic oxidation sites excluding steroid dienone is 1. The van der Waals surface area contributed by atoms with Gasteiger partial charge in [0.2, 0.25) is 5.91 Å². The zero-order valence-electron chi connectivity index (χ0n) is 21.4. The summed E-state index contributed by atoms with van der Waals surface area (Å²) in [5.74, 6) is -3.06. The van der Waals surface area contributed by atoms with Crippen molar-refractivity contribution in [1.29, 1.82) is 0 Å². The Morgan fingerprint density at radius 1 is 1.13 bits per heavy atom. The van der Waals surface area contributed by atoms with Gasteiger partial charge in [0.05, 0.1) is 19.2 Å². The van der Waals surface area contributed by atoms with Gasteiger partial charge in [-0.15, -0.1) is 0 Å². The number of anilines is 1. The minimum atomic E-state index is -2.86. The number of aliphatic hydroxyl groups is 1. The standard InChI is InChI=1S/C26H33ClF3N5O3/c1-17-19(27)3-2-4-21(17)31-9-11-32(12-10-31)24(37)16-34-22-5-7-26(29,30)13-18(22)14-35(34)25(38)33-8-6-23(36)20(28)15-33/h2-4,20,23,36H,5-16H2,1H3/t20-,23+/m1/s1. The second-order valence-corrected chi connectivity index (χ2v) is 11.0. The number of alkyl halides is 3. The van der Waals surface area contributed by atoms with E-state index >= 15 is 0 Å². The molecule has 3 aliphatic heterocycles. The average molecular weight is 556 g/mol. The monoisotopic (exact) mass is 555 g/mol. The fourth-order valence-corrected chi connectivity index (χ4v) is 5.97. The third kappa shape index (κ3) is 5.27. The molecule has 3 heterocycles. The zero-order valence-corrected chi connectivity index (χ0v) is 22.1. The van der Waals surface area contributed by atoms with E-state index in [9.17, 15) is 27.9 Å². The fraction of sp³-hybridized carbons (Fsp3) is 0.615. The molecule has 0 saturated carbocycles. The van der Waals surface area contributed by atoms with Gasteiger partial charge in [0.1, 0.15) is 12.7 Å². The molecule has 38 heavy (non-hydrogen) atoms. The number of aliphatic hydroxyl groups excluding tert-OH is 1. The molecule has 4 aliphatic rings. The van der Waals surface area contributed by atoms with E-state index < -0.39 is 30.7 Å². The Morgan fingerprint density at radius 2 is 1.87 bits per heavy atom. The molecule has 12 heteroatoms. The van der Waals surface area contributed by atoms with Crippen molar-refractivity contribution >= 4 is 29.2 Å². The number of hydrazine groups is 1. The molecule has 0 aromatic heterocycles. The van der Waals surface area contributed by atoms with Crippen LogP contribution in [0.1, 0.15) is 31.2 Å². The number of carbonyl (C=O) groups is 2. The summed E-state index contributed by atoms with van der Waals surface area (Å²) >= 11 is 6.27. The lowest BCUT2D eigenvalue weighted by molar-refractivity contribution is -0.134. The molecular formula is C26H33ClF3N5O3. The van der Waals surface area contributed by atoms with Crippen LogP contribution < -0.4 is 4.90 Å². The highest BCUT2D eigenvalue weighted by Gasteiger charge is 2.45. The number of urea groups is 1. The van der Waals surface area contributed by atoms with Gasteiger partial charge in [0.15, 0.2) is 0 Å². The molecule has 0 unspecified atom stereocenters. The van der Waals surface area contributed by atoms with Crippen molar-refractivity contribution in [2.45, 2.75) is 50.8 Å². The van der Waals surface area contributed by atoms with Crippen LogP contribution in [0.3, 0.4) is 0 Å². The molecule has 8 nitrogen and oxygen atoms in total. The number of hydrogen-bond donors (Lipinski definition) is 1. The normalized spacial score (nSPS) is 25.7. The number of hydrogen-bond acceptors (Lipinski definition) is 5. The first-order valence-corrected chi connectivity index (χ1v) is 13.4. The summed E-state index contributed by atoms with van der Waals surface area (Å²) in [6.07, 6.45) is -3.35. The van der Waals surface area contributed by atoms with Crippen molar-refractivity contribution in [2.75, 3.05) is 57.3 Å². The van der Waals surface area contributed by atoms with Crippen molar-refractivity contribution in [2.24, 2.45) is 0 Å². The minimum Gasteiger partial charge on any atom is -0.390 e. The third-order valence-electron chi connectivity index (χ3n) is 8.05. The van der Waals surface area contributed by atoms with E-state index in [1.54, 1.807) is 4.90 Å². The van der Waals surface area contributed by atoms with Crippen LogP contribution in [0.5, 0.6) is 0 Å². The Morgan fingerprint density at radius 3 is 2.58 bits per heavy atom.